The zero-order valence-corrected chi connectivity index (χ0v) is 14.7. The Kier molecular flexibility index (Phi) is 4.50. The van der Waals surface area contributed by atoms with Crippen LogP contribution in [0.25, 0.3) is 11.5 Å². The summed E-state index contributed by atoms with van der Waals surface area (Å²) in [6, 6.07) is 9.60. The highest BCUT2D eigenvalue weighted by molar-refractivity contribution is 5.94. The Balaban J connectivity index is 1.57. The van der Waals surface area contributed by atoms with Gasteiger partial charge in [-0.2, -0.15) is 0 Å². The second-order valence-corrected chi connectivity index (χ2v) is 6.24. The maximum atomic E-state index is 13.7. The van der Waals surface area contributed by atoms with Crippen LogP contribution >= 0.6 is 0 Å². The summed E-state index contributed by atoms with van der Waals surface area (Å²) in [5.41, 5.74) is 2.77. The lowest BCUT2D eigenvalue weighted by Gasteiger charge is -2.28. The van der Waals surface area contributed by atoms with Crippen LogP contribution in [-0.2, 0) is 13.0 Å². The molecule has 1 aliphatic rings. The molecule has 0 saturated carbocycles. The number of carbonyl (C=O) groups excluding carboxylic acids is 1. The highest BCUT2D eigenvalue weighted by Gasteiger charge is 2.24. The van der Waals surface area contributed by atoms with Gasteiger partial charge in [0.15, 0.2) is 5.82 Å². The fourth-order valence-electron chi connectivity index (χ4n) is 3.09. The molecule has 0 spiro atoms. The smallest absolute Gasteiger partial charge is 0.254 e. The minimum atomic E-state index is -0.501. The van der Waals surface area contributed by atoms with E-state index in [0.717, 1.165) is 11.3 Å². The monoisotopic (exact) mass is 364 g/mol. The molecule has 0 unspecified atom stereocenters. The first-order chi connectivity index (χ1) is 13.1. The van der Waals surface area contributed by atoms with Gasteiger partial charge in [0.25, 0.3) is 5.91 Å². The Labute approximate surface area is 155 Å². The summed E-state index contributed by atoms with van der Waals surface area (Å²) in [4.78, 5) is 27.7. The number of aromatic nitrogens is 3. The third-order valence-electron chi connectivity index (χ3n) is 4.47. The van der Waals surface area contributed by atoms with Crippen molar-refractivity contribution in [2.24, 2.45) is 0 Å². The van der Waals surface area contributed by atoms with E-state index >= 15 is 0 Å². The first-order valence-corrected chi connectivity index (χ1v) is 8.54. The van der Waals surface area contributed by atoms with Crippen LogP contribution in [0, 0.1) is 5.82 Å². The predicted octanol–water partition coefficient (Wildman–Crippen LogP) is 2.88. The van der Waals surface area contributed by atoms with Crippen molar-refractivity contribution in [1.82, 2.24) is 19.9 Å². The highest BCUT2D eigenvalue weighted by atomic mass is 19.1. The highest BCUT2D eigenvalue weighted by Crippen LogP contribution is 2.23. The van der Waals surface area contributed by atoms with Crippen LogP contribution in [0.5, 0.6) is 5.75 Å². The van der Waals surface area contributed by atoms with Gasteiger partial charge in [0.05, 0.1) is 12.8 Å². The van der Waals surface area contributed by atoms with Crippen LogP contribution in [0.15, 0.2) is 48.8 Å². The molecule has 0 radical (unpaired) electrons. The van der Waals surface area contributed by atoms with Crippen molar-refractivity contribution in [3.63, 3.8) is 0 Å². The Bertz CT molecular complexity index is 995. The summed E-state index contributed by atoms with van der Waals surface area (Å²) < 4.78 is 18.8. The zero-order chi connectivity index (χ0) is 18.8. The number of rotatable bonds is 3. The van der Waals surface area contributed by atoms with Crippen molar-refractivity contribution in [1.29, 1.82) is 0 Å². The molecule has 3 heterocycles. The maximum absolute atomic E-state index is 13.7. The molecule has 27 heavy (non-hydrogen) atoms. The van der Waals surface area contributed by atoms with Gasteiger partial charge < -0.3 is 9.64 Å². The number of benzene rings is 1. The summed E-state index contributed by atoms with van der Waals surface area (Å²) in [6.07, 6.45) is 4.04. The number of pyridine rings is 1. The topological polar surface area (TPSA) is 68.2 Å². The van der Waals surface area contributed by atoms with Crippen molar-refractivity contribution in [3.05, 3.63) is 71.4 Å². The first kappa shape index (κ1) is 17.1. The van der Waals surface area contributed by atoms with Crippen molar-refractivity contribution < 1.29 is 13.9 Å². The SMILES string of the molecule is COc1cc(F)cc(C(=O)N2CCc3nc(-c4ccccn4)ncc3C2)c1. The van der Waals surface area contributed by atoms with E-state index in [0.29, 0.717) is 36.8 Å². The van der Waals surface area contributed by atoms with Gasteiger partial charge in [-0.3, -0.25) is 9.78 Å². The van der Waals surface area contributed by atoms with Gasteiger partial charge in [0, 0.05) is 49.1 Å². The van der Waals surface area contributed by atoms with Crippen LogP contribution in [0.2, 0.25) is 0 Å². The molecular formula is C20H17FN4O2. The van der Waals surface area contributed by atoms with E-state index in [1.54, 1.807) is 23.4 Å². The molecule has 4 rings (SSSR count). The molecule has 136 valence electrons. The third kappa shape index (κ3) is 3.48. The molecular weight excluding hydrogens is 347 g/mol. The largest absolute Gasteiger partial charge is 0.497 e. The molecule has 1 aliphatic heterocycles. The fourth-order valence-corrected chi connectivity index (χ4v) is 3.09. The second kappa shape index (κ2) is 7.11. The number of hydrogen-bond acceptors (Lipinski definition) is 5. The van der Waals surface area contributed by atoms with Gasteiger partial charge in [-0.15, -0.1) is 0 Å². The van der Waals surface area contributed by atoms with Crippen LogP contribution in [0.3, 0.4) is 0 Å². The Morgan fingerprint density at radius 1 is 1.22 bits per heavy atom. The van der Waals surface area contributed by atoms with Gasteiger partial charge in [-0.25, -0.2) is 14.4 Å². The van der Waals surface area contributed by atoms with Gasteiger partial charge in [0.1, 0.15) is 17.3 Å². The summed E-state index contributed by atoms with van der Waals surface area (Å²) >= 11 is 0. The minimum absolute atomic E-state index is 0.243. The number of ether oxygens (including phenoxy) is 1. The number of methoxy groups -OCH3 is 1. The van der Waals surface area contributed by atoms with E-state index in [2.05, 4.69) is 15.0 Å². The number of carbonyl (C=O) groups is 1. The minimum Gasteiger partial charge on any atom is -0.497 e. The average Bonchev–Trinajstić information content (AvgIpc) is 2.72. The van der Waals surface area contributed by atoms with Crippen molar-refractivity contribution >= 4 is 5.91 Å². The second-order valence-electron chi connectivity index (χ2n) is 6.24. The molecule has 1 aromatic carbocycles. The molecule has 0 N–H and O–H groups in total. The summed E-state index contributed by atoms with van der Waals surface area (Å²) in [7, 11) is 1.44. The van der Waals surface area contributed by atoms with Gasteiger partial charge >= 0.3 is 0 Å². The van der Waals surface area contributed by atoms with Gasteiger partial charge in [0.2, 0.25) is 0 Å². The maximum Gasteiger partial charge on any atom is 0.254 e. The molecule has 7 heteroatoms. The molecule has 0 fully saturated rings. The van der Waals surface area contributed by atoms with Crippen molar-refractivity contribution in [2.75, 3.05) is 13.7 Å². The standard InChI is InChI=1S/C20H17FN4O2/c1-27-16-9-13(8-15(21)10-16)20(26)25-7-5-17-14(12-25)11-23-19(24-17)18-4-2-3-6-22-18/h2-4,6,8-11H,5,7,12H2,1H3. The number of fused-ring (bicyclic) bond motifs is 1. The lowest BCUT2D eigenvalue weighted by atomic mass is 10.1. The molecule has 1 amide bonds. The molecule has 0 aliphatic carbocycles. The normalized spacial score (nSPS) is 13.2. The van der Waals surface area contributed by atoms with Gasteiger partial charge in [-0.05, 0) is 24.3 Å². The molecule has 0 atom stereocenters. The van der Waals surface area contributed by atoms with E-state index < -0.39 is 5.82 Å². The summed E-state index contributed by atoms with van der Waals surface area (Å²) in [5, 5.41) is 0. The number of amides is 1. The predicted molar refractivity (Wildman–Crippen MR) is 96.7 cm³/mol. The molecule has 6 nitrogen and oxygen atoms in total. The number of hydrogen-bond donors (Lipinski definition) is 0. The fraction of sp³-hybridized carbons (Fsp3) is 0.200. The van der Waals surface area contributed by atoms with E-state index in [-0.39, 0.29) is 11.5 Å². The summed E-state index contributed by atoms with van der Waals surface area (Å²) in [6.45, 7) is 0.888. The Morgan fingerprint density at radius 3 is 2.89 bits per heavy atom. The average molecular weight is 364 g/mol. The van der Waals surface area contributed by atoms with Crippen molar-refractivity contribution in [2.45, 2.75) is 13.0 Å². The zero-order valence-electron chi connectivity index (χ0n) is 14.7. The quantitative estimate of drug-likeness (QED) is 0.715. The van der Waals surface area contributed by atoms with Gasteiger partial charge in [-0.1, -0.05) is 6.07 Å². The molecule has 2 aromatic heterocycles. The lowest BCUT2D eigenvalue weighted by Crippen LogP contribution is -2.36. The number of halogens is 1. The van der Waals surface area contributed by atoms with E-state index in [1.165, 1.54) is 19.2 Å². The third-order valence-corrected chi connectivity index (χ3v) is 4.47. The lowest BCUT2D eigenvalue weighted by molar-refractivity contribution is 0.0732. The molecule has 0 bridgehead atoms. The van der Waals surface area contributed by atoms with Crippen molar-refractivity contribution in [3.8, 4) is 17.3 Å². The summed E-state index contributed by atoms with van der Waals surface area (Å²) in [5.74, 6) is 0.147. The van der Waals surface area contributed by atoms with Crippen LogP contribution in [0.4, 0.5) is 4.39 Å². The number of nitrogens with zero attached hydrogens (tertiary/aromatic N) is 4. The molecule has 0 saturated heterocycles. The van der Waals surface area contributed by atoms with E-state index in [4.69, 9.17) is 4.74 Å². The van der Waals surface area contributed by atoms with Crippen LogP contribution < -0.4 is 4.74 Å². The van der Waals surface area contributed by atoms with E-state index in [9.17, 15) is 9.18 Å². The van der Waals surface area contributed by atoms with Crippen LogP contribution in [-0.4, -0.2) is 39.4 Å². The first-order valence-electron chi connectivity index (χ1n) is 8.54. The van der Waals surface area contributed by atoms with E-state index in [1.807, 2.05) is 18.2 Å². The Morgan fingerprint density at radius 2 is 2.11 bits per heavy atom. The van der Waals surface area contributed by atoms with Crippen LogP contribution in [0.1, 0.15) is 21.6 Å². The molecule has 3 aromatic rings. The Hall–Kier alpha value is -3.35.